The number of nitrogens with zero attached hydrogens (tertiary/aromatic N) is 2. The Morgan fingerprint density at radius 1 is 0.879 bits per heavy atom. The van der Waals surface area contributed by atoms with Crippen LogP contribution in [-0.4, -0.2) is 24.2 Å². The Bertz CT molecular complexity index is 1480. The van der Waals surface area contributed by atoms with Crippen molar-refractivity contribution in [3.63, 3.8) is 0 Å². The summed E-state index contributed by atoms with van der Waals surface area (Å²) in [7, 11) is -4.04. The van der Waals surface area contributed by atoms with Gasteiger partial charge in [0, 0.05) is 11.8 Å². The minimum atomic E-state index is -4.04. The van der Waals surface area contributed by atoms with E-state index >= 15 is 0 Å². The number of fused-ring (bicyclic) bond motifs is 1. The zero-order chi connectivity index (χ0) is 23.6. The first-order valence-electron chi connectivity index (χ1n) is 10.4. The lowest BCUT2D eigenvalue weighted by Crippen LogP contribution is -2.38. The normalized spacial score (nSPS) is 11.9. The predicted octanol–water partition coefficient (Wildman–Crippen LogP) is 3.67. The summed E-state index contributed by atoms with van der Waals surface area (Å²) >= 11 is 0. The molecule has 0 spiro atoms. The molecule has 0 aliphatic carbocycles. The summed E-state index contributed by atoms with van der Waals surface area (Å²) in [6.07, 6.45) is 0.0682. The zero-order valence-corrected chi connectivity index (χ0v) is 19.0. The lowest BCUT2D eigenvalue weighted by molar-refractivity contribution is -0.118. The van der Waals surface area contributed by atoms with E-state index in [1.165, 1.54) is 24.3 Å². The highest BCUT2D eigenvalue weighted by atomic mass is 32.2. The lowest BCUT2D eigenvalue weighted by atomic mass is 9.81. The van der Waals surface area contributed by atoms with E-state index in [9.17, 15) is 18.0 Å². The molecule has 1 heterocycles. The minimum absolute atomic E-state index is 0.0457. The van der Waals surface area contributed by atoms with Crippen LogP contribution >= 0.6 is 0 Å². The van der Waals surface area contributed by atoms with Gasteiger partial charge in [-0.05, 0) is 29.2 Å². The Morgan fingerprint density at radius 2 is 1.42 bits per heavy atom. The van der Waals surface area contributed by atoms with E-state index in [-0.39, 0.29) is 27.1 Å². The zero-order valence-electron chi connectivity index (χ0n) is 18.2. The maximum Gasteiger partial charge on any atom is 0.294 e. The topological polar surface area (TPSA) is 98.1 Å². The van der Waals surface area contributed by atoms with Gasteiger partial charge in [0.05, 0.1) is 10.3 Å². The molecule has 168 valence electrons. The highest BCUT2D eigenvalue weighted by Gasteiger charge is 2.27. The van der Waals surface area contributed by atoms with Gasteiger partial charge in [0.25, 0.3) is 5.56 Å². The second kappa shape index (κ2) is 8.63. The first kappa shape index (κ1) is 22.4. The van der Waals surface area contributed by atoms with Crippen molar-refractivity contribution in [3.05, 3.63) is 101 Å². The van der Waals surface area contributed by atoms with Gasteiger partial charge in [0.1, 0.15) is 0 Å². The number of sulfone groups is 1. The van der Waals surface area contributed by atoms with Crippen LogP contribution in [0.3, 0.4) is 0 Å². The van der Waals surface area contributed by atoms with Crippen molar-refractivity contribution < 1.29 is 13.2 Å². The van der Waals surface area contributed by atoms with Crippen molar-refractivity contribution in [2.45, 2.75) is 35.6 Å². The second-order valence-electron chi connectivity index (χ2n) is 8.35. The van der Waals surface area contributed by atoms with Gasteiger partial charge in [-0.3, -0.25) is 9.59 Å². The van der Waals surface area contributed by atoms with E-state index in [2.05, 4.69) is 10.5 Å². The highest BCUT2D eigenvalue weighted by molar-refractivity contribution is 7.91. The van der Waals surface area contributed by atoms with Crippen LogP contribution < -0.4 is 11.0 Å². The molecule has 0 saturated carbocycles. The van der Waals surface area contributed by atoms with Crippen LogP contribution in [0.15, 0.2) is 99.6 Å². The molecule has 0 fully saturated rings. The fraction of sp³-hybridized carbons (Fsp3) is 0.160. The molecular formula is C25H23N3O4S. The molecule has 0 atom stereocenters. The molecule has 0 aliphatic rings. The van der Waals surface area contributed by atoms with Gasteiger partial charge in [0.2, 0.25) is 15.7 Å². The third-order valence-corrected chi connectivity index (χ3v) is 7.17. The Kier molecular flexibility index (Phi) is 5.86. The number of aromatic nitrogens is 2. The molecule has 7 nitrogen and oxygen atoms in total. The quantitative estimate of drug-likeness (QED) is 0.472. The standard InChI is InChI=1S/C25H23N3O4S/c1-25(2,18-11-5-3-6-12-18)17-22(29)26-28-24(30)21-16-10-9-15-20(21)23(27-28)33(31,32)19-13-7-4-8-14-19/h3-16H,17H2,1-2H3,(H,26,29). The molecular weight excluding hydrogens is 438 g/mol. The van der Waals surface area contributed by atoms with Crippen molar-refractivity contribution >= 4 is 26.5 Å². The van der Waals surface area contributed by atoms with E-state index in [1.807, 2.05) is 44.2 Å². The molecule has 1 amide bonds. The summed E-state index contributed by atoms with van der Waals surface area (Å²) < 4.78 is 26.6. The van der Waals surface area contributed by atoms with E-state index in [0.29, 0.717) is 0 Å². The number of rotatable bonds is 6. The maximum absolute atomic E-state index is 13.3. The van der Waals surface area contributed by atoms with Crippen LogP contribution in [0.1, 0.15) is 25.8 Å². The van der Waals surface area contributed by atoms with Crippen LogP contribution in [0.5, 0.6) is 0 Å². The molecule has 33 heavy (non-hydrogen) atoms. The smallest absolute Gasteiger partial charge is 0.273 e. The van der Waals surface area contributed by atoms with Crippen LogP contribution in [0.25, 0.3) is 10.8 Å². The Balaban J connectivity index is 1.76. The van der Waals surface area contributed by atoms with Gasteiger partial charge < -0.3 is 0 Å². The van der Waals surface area contributed by atoms with Crippen molar-refractivity contribution in [2.75, 3.05) is 5.43 Å². The molecule has 0 aliphatic heterocycles. The Hall–Kier alpha value is -3.78. The van der Waals surface area contributed by atoms with Gasteiger partial charge in [-0.1, -0.05) is 80.6 Å². The third kappa shape index (κ3) is 4.42. The van der Waals surface area contributed by atoms with Gasteiger partial charge >= 0.3 is 0 Å². The first-order valence-corrected chi connectivity index (χ1v) is 11.9. The van der Waals surface area contributed by atoms with Gasteiger partial charge in [-0.15, -0.1) is 9.89 Å². The van der Waals surface area contributed by atoms with Crippen LogP contribution in [-0.2, 0) is 20.0 Å². The monoisotopic (exact) mass is 461 g/mol. The molecule has 1 N–H and O–H groups in total. The summed E-state index contributed by atoms with van der Waals surface area (Å²) in [6.45, 7) is 3.84. The average molecular weight is 462 g/mol. The fourth-order valence-corrected chi connectivity index (χ4v) is 5.09. The summed E-state index contributed by atoms with van der Waals surface area (Å²) in [5.74, 6) is -0.461. The van der Waals surface area contributed by atoms with Crippen LogP contribution in [0.2, 0.25) is 0 Å². The van der Waals surface area contributed by atoms with Crippen molar-refractivity contribution in [3.8, 4) is 0 Å². The highest BCUT2D eigenvalue weighted by Crippen LogP contribution is 2.27. The van der Waals surface area contributed by atoms with E-state index in [1.54, 1.807) is 30.3 Å². The molecule has 3 aromatic carbocycles. The fourth-order valence-electron chi connectivity index (χ4n) is 3.70. The number of amides is 1. The molecule has 1 aromatic heterocycles. The van der Waals surface area contributed by atoms with Crippen molar-refractivity contribution in [2.24, 2.45) is 0 Å². The molecule has 0 bridgehead atoms. The van der Waals surface area contributed by atoms with Crippen molar-refractivity contribution in [1.82, 2.24) is 9.89 Å². The molecule has 4 aromatic rings. The van der Waals surface area contributed by atoms with E-state index in [0.717, 1.165) is 10.4 Å². The molecule has 0 radical (unpaired) electrons. The largest absolute Gasteiger partial charge is 0.294 e. The van der Waals surface area contributed by atoms with E-state index in [4.69, 9.17) is 0 Å². The molecule has 8 heteroatoms. The second-order valence-corrected chi connectivity index (χ2v) is 10.2. The Morgan fingerprint density at radius 3 is 2.06 bits per heavy atom. The average Bonchev–Trinajstić information content (AvgIpc) is 2.81. The first-order chi connectivity index (χ1) is 15.7. The number of benzene rings is 3. The minimum Gasteiger partial charge on any atom is -0.273 e. The van der Waals surface area contributed by atoms with Gasteiger partial charge in [0.15, 0.2) is 5.03 Å². The number of carbonyl (C=O) groups excluding carboxylic acids is 1. The van der Waals surface area contributed by atoms with Gasteiger partial charge in [-0.25, -0.2) is 13.8 Å². The molecule has 0 saturated heterocycles. The maximum atomic E-state index is 13.3. The summed E-state index contributed by atoms with van der Waals surface area (Å²) in [5.41, 5.74) is 2.33. The number of hydrogen-bond donors (Lipinski definition) is 1. The SMILES string of the molecule is CC(C)(CC(=O)Nn1nc(S(=O)(=O)c2ccccc2)c2ccccc2c1=O)c1ccccc1. The summed E-state index contributed by atoms with van der Waals surface area (Å²) in [6, 6.07) is 23.7. The lowest BCUT2D eigenvalue weighted by Gasteiger charge is -2.24. The molecule has 4 rings (SSSR count). The molecule has 0 unspecified atom stereocenters. The van der Waals surface area contributed by atoms with Crippen LogP contribution in [0, 0.1) is 0 Å². The van der Waals surface area contributed by atoms with Crippen molar-refractivity contribution in [1.29, 1.82) is 0 Å². The predicted molar refractivity (Wildman–Crippen MR) is 126 cm³/mol. The van der Waals surface area contributed by atoms with Gasteiger partial charge in [-0.2, -0.15) is 0 Å². The Labute approximate surface area is 191 Å². The number of hydrogen-bond acceptors (Lipinski definition) is 5. The van der Waals surface area contributed by atoms with Crippen LogP contribution in [0.4, 0.5) is 0 Å². The number of carbonyl (C=O) groups is 1. The third-order valence-electron chi connectivity index (χ3n) is 5.47. The van der Waals surface area contributed by atoms with E-state index < -0.39 is 26.7 Å². The summed E-state index contributed by atoms with van der Waals surface area (Å²) in [4.78, 5) is 26.6. The number of nitrogens with one attached hydrogen (secondary N) is 1. The summed E-state index contributed by atoms with van der Waals surface area (Å²) in [5, 5.41) is 4.11.